The van der Waals surface area contributed by atoms with E-state index in [0.717, 1.165) is 47.4 Å². The van der Waals surface area contributed by atoms with Gasteiger partial charge in [0.05, 0.1) is 11.2 Å². The van der Waals surface area contributed by atoms with E-state index < -0.39 is 0 Å². The van der Waals surface area contributed by atoms with Gasteiger partial charge in [0.25, 0.3) is 0 Å². The molecule has 1 fully saturated rings. The molecule has 0 radical (unpaired) electrons. The van der Waals surface area contributed by atoms with Crippen LogP contribution in [0.2, 0.25) is 0 Å². The Bertz CT molecular complexity index is 1080. The summed E-state index contributed by atoms with van der Waals surface area (Å²) in [4.78, 5) is 4.60. The number of pyridine rings is 1. The molecular formula is C23H22N4. The van der Waals surface area contributed by atoms with Crippen LogP contribution in [0.5, 0.6) is 0 Å². The van der Waals surface area contributed by atoms with E-state index in [1.165, 1.54) is 12.0 Å². The smallest absolute Gasteiger partial charge is 0.0923 e. The number of aromatic nitrogens is 3. The van der Waals surface area contributed by atoms with Gasteiger partial charge < -0.3 is 5.32 Å². The van der Waals surface area contributed by atoms with Gasteiger partial charge in [0, 0.05) is 35.5 Å². The van der Waals surface area contributed by atoms with Crippen LogP contribution in [0, 0.1) is 5.92 Å². The van der Waals surface area contributed by atoms with Gasteiger partial charge in [0.1, 0.15) is 0 Å². The van der Waals surface area contributed by atoms with Crippen molar-refractivity contribution in [1.29, 1.82) is 0 Å². The Morgan fingerprint density at radius 3 is 2.81 bits per heavy atom. The summed E-state index contributed by atoms with van der Waals surface area (Å²) in [5.41, 5.74) is 5.49. The Hall–Kier alpha value is -2.98. The predicted octanol–water partition coefficient (Wildman–Crippen LogP) is 4.37. The molecule has 3 heterocycles. The second kappa shape index (κ2) is 6.97. The lowest BCUT2D eigenvalue weighted by atomic mass is 10.0. The number of hydrogen-bond acceptors (Lipinski definition) is 3. The molecule has 4 heteroatoms. The Balaban J connectivity index is 1.43. The van der Waals surface area contributed by atoms with Gasteiger partial charge in [-0.2, -0.15) is 5.10 Å². The van der Waals surface area contributed by atoms with E-state index >= 15 is 0 Å². The fourth-order valence-electron chi connectivity index (χ4n) is 3.84. The van der Waals surface area contributed by atoms with E-state index in [2.05, 4.69) is 69.7 Å². The number of para-hydroxylation sites is 1. The van der Waals surface area contributed by atoms with Crippen LogP contribution in [0.1, 0.15) is 6.42 Å². The van der Waals surface area contributed by atoms with Crippen molar-refractivity contribution in [2.24, 2.45) is 5.92 Å². The van der Waals surface area contributed by atoms with Crippen LogP contribution in [-0.4, -0.2) is 27.9 Å². The highest BCUT2D eigenvalue weighted by Gasteiger charge is 2.15. The lowest BCUT2D eigenvalue weighted by molar-refractivity contribution is 0.450. The minimum absolute atomic E-state index is 0.688. The van der Waals surface area contributed by atoms with Crippen molar-refractivity contribution in [1.82, 2.24) is 20.1 Å². The Labute approximate surface area is 158 Å². The third kappa shape index (κ3) is 3.36. The topological polar surface area (TPSA) is 42.7 Å². The first-order chi connectivity index (χ1) is 13.3. The number of fused-ring (bicyclic) bond motifs is 1. The molecule has 0 bridgehead atoms. The number of hydrogen-bond donors (Lipinski definition) is 1. The van der Waals surface area contributed by atoms with Gasteiger partial charge in [0.2, 0.25) is 0 Å². The predicted molar refractivity (Wildman–Crippen MR) is 109 cm³/mol. The molecule has 0 unspecified atom stereocenters. The van der Waals surface area contributed by atoms with Gasteiger partial charge >= 0.3 is 0 Å². The minimum Gasteiger partial charge on any atom is -0.316 e. The maximum Gasteiger partial charge on any atom is 0.0923 e. The summed E-state index contributed by atoms with van der Waals surface area (Å²) < 4.78 is 2.08. The second-order valence-corrected chi connectivity index (χ2v) is 7.28. The van der Waals surface area contributed by atoms with E-state index in [-0.39, 0.29) is 0 Å². The molecule has 1 aliphatic rings. The summed E-state index contributed by atoms with van der Waals surface area (Å²) in [5.74, 6) is 0.688. The van der Waals surface area contributed by atoms with Crippen molar-refractivity contribution in [2.75, 3.05) is 13.1 Å². The highest BCUT2D eigenvalue weighted by atomic mass is 15.3. The molecule has 1 atom stereocenters. The SMILES string of the molecule is c1cc(-c2cnc3ccccc3c2)cc(-c2ccn(C[C@H]3CCNC3)n2)c1. The summed E-state index contributed by atoms with van der Waals surface area (Å²) in [6.45, 7) is 3.21. The molecule has 4 aromatic rings. The molecule has 0 amide bonds. The second-order valence-electron chi connectivity index (χ2n) is 7.28. The van der Waals surface area contributed by atoms with Crippen molar-refractivity contribution in [3.05, 3.63) is 73.1 Å². The monoisotopic (exact) mass is 354 g/mol. The molecule has 4 nitrogen and oxygen atoms in total. The summed E-state index contributed by atoms with van der Waals surface area (Å²) in [5, 5.41) is 9.39. The largest absolute Gasteiger partial charge is 0.316 e. The molecule has 1 aliphatic heterocycles. The van der Waals surface area contributed by atoms with Crippen molar-refractivity contribution in [3.63, 3.8) is 0 Å². The van der Waals surface area contributed by atoms with E-state index in [1.807, 2.05) is 18.3 Å². The van der Waals surface area contributed by atoms with Gasteiger partial charge in [0.15, 0.2) is 0 Å². The quantitative estimate of drug-likeness (QED) is 0.592. The zero-order valence-corrected chi connectivity index (χ0v) is 15.2. The van der Waals surface area contributed by atoms with Gasteiger partial charge in [-0.1, -0.05) is 36.4 Å². The Morgan fingerprint density at radius 1 is 0.963 bits per heavy atom. The van der Waals surface area contributed by atoms with Crippen LogP contribution in [0.3, 0.4) is 0 Å². The van der Waals surface area contributed by atoms with Crippen LogP contribution >= 0.6 is 0 Å². The number of nitrogens with zero attached hydrogens (tertiary/aromatic N) is 3. The zero-order valence-electron chi connectivity index (χ0n) is 15.2. The molecule has 1 N–H and O–H groups in total. The summed E-state index contributed by atoms with van der Waals surface area (Å²) in [6.07, 6.45) is 5.28. The van der Waals surface area contributed by atoms with E-state index in [9.17, 15) is 0 Å². The van der Waals surface area contributed by atoms with Crippen molar-refractivity contribution in [2.45, 2.75) is 13.0 Å². The summed E-state index contributed by atoms with van der Waals surface area (Å²) >= 11 is 0. The molecule has 0 aliphatic carbocycles. The average molecular weight is 354 g/mol. The molecule has 134 valence electrons. The number of rotatable bonds is 4. The van der Waals surface area contributed by atoms with Crippen LogP contribution in [0.15, 0.2) is 73.1 Å². The highest BCUT2D eigenvalue weighted by molar-refractivity contribution is 5.84. The fraction of sp³-hybridized carbons (Fsp3) is 0.217. The average Bonchev–Trinajstić information content (AvgIpc) is 3.40. The molecule has 0 spiro atoms. The maximum atomic E-state index is 4.80. The van der Waals surface area contributed by atoms with Gasteiger partial charge in [-0.25, -0.2) is 0 Å². The van der Waals surface area contributed by atoms with Crippen molar-refractivity contribution < 1.29 is 0 Å². The molecule has 27 heavy (non-hydrogen) atoms. The standard InChI is InChI=1S/C23H22N4/c1-2-7-22-19(4-1)13-21(15-25-22)18-5-3-6-20(12-18)23-9-11-27(26-23)16-17-8-10-24-14-17/h1-7,9,11-13,15,17,24H,8,10,14,16H2/t17-/m0/s1. The molecule has 0 saturated carbocycles. The van der Waals surface area contributed by atoms with Crippen LogP contribution in [0.4, 0.5) is 0 Å². The van der Waals surface area contributed by atoms with Crippen LogP contribution < -0.4 is 5.32 Å². The zero-order chi connectivity index (χ0) is 18.1. The lowest BCUT2D eigenvalue weighted by Gasteiger charge is -2.08. The molecule has 2 aromatic heterocycles. The van der Waals surface area contributed by atoms with E-state index in [1.54, 1.807) is 0 Å². The van der Waals surface area contributed by atoms with Gasteiger partial charge in [-0.05, 0) is 55.3 Å². The van der Waals surface area contributed by atoms with Gasteiger partial charge in [-0.15, -0.1) is 0 Å². The summed E-state index contributed by atoms with van der Waals surface area (Å²) in [7, 11) is 0. The van der Waals surface area contributed by atoms with Crippen LogP contribution in [-0.2, 0) is 6.54 Å². The van der Waals surface area contributed by atoms with Crippen molar-refractivity contribution in [3.8, 4) is 22.4 Å². The Morgan fingerprint density at radius 2 is 1.89 bits per heavy atom. The fourth-order valence-corrected chi connectivity index (χ4v) is 3.84. The lowest BCUT2D eigenvalue weighted by Crippen LogP contribution is -2.14. The van der Waals surface area contributed by atoms with Gasteiger partial charge in [-0.3, -0.25) is 9.67 Å². The number of nitrogens with one attached hydrogen (secondary N) is 1. The molecule has 2 aromatic carbocycles. The van der Waals surface area contributed by atoms with E-state index in [0.29, 0.717) is 5.92 Å². The first-order valence-corrected chi connectivity index (χ1v) is 9.55. The normalized spacial score (nSPS) is 16.8. The van der Waals surface area contributed by atoms with Crippen LogP contribution in [0.25, 0.3) is 33.3 Å². The number of benzene rings is 2. The maximum absolute atomic E-state index is 4.80. The summed E-state index contributed by atoms with van der Waals surface area (Å²) in [6, 6.07) is 21.1. The third-order valence-corrected chi connectivity index (χ3v) is 5.33. The first kappa shape index (κ1) is 16.2. The first-order valence-electron chi connectivity index (χ1n) is 9.55. The third-order valence-electron chi connectivity index (χ3n) is 5.33. The van der Waals surface area contributed by atoms with E-state index in [4.69, 9.17) is 5.10 Å². The highest BCUT2D eigenvalue weighted by Crippen LogP contribution is 2.27. The molecule has 5 rings (SSSR count). The molecular weight excluding hydrogens is 332 g/mol. The van der Waals surface area contributed by atoms with Crippen molar-refractivity contribution >= 4 is 10.9 Å². The minimum atomic E-state index is 0.688. The Kier molecular flexibility index (Phi) is 4.18. The molecule has 1 saturated heterocycles.